The second-order valence-electron chi connectivity index (χ2n) is 11.9. The predicted octanol–water partition coefficient (Wildman–Crippen LogP) is -2.92. The highest BCUT2D eigenvalue weighted by molar-refractivity contribution is 6.02. The van der Waals surface area contributed by atoms with Crippen LogP contribution >= 0.6 is 0 Å². The van der Waals surface area contributed by atoms with Crippen molar-refractivity contribution in [3.8, 4) is 0 Å². The van der Waals surface area contributed by atoms with E-state index < -0.39 is 73.1 Å². The maximum absolute atomic E-state index is 13.2. The van der Waals surface area contributed by atoms with Crippen LogP contribution in [0.1, 0.15) is 71.8 Å². The molecule has 0 aliphatic carbocycles. The van der Waals surface area contributed by atoms with Crippen LogP contribution in [-0.4, -0.2) is 127 Å². The van der Waals surface area contributed by atoms with Crippen molar-refractivity contribution < 1.29 is 54.5 Å². The molecule has 4 heterocycles. The van der Waals surface area contributed by atoms with Gasteiger partial charge in [-0.25, -0.2) is 9.36 Å². The van der Waals surface area contributed by atoms with Crippen molar-refractivity contribution >= 4 is 23.4 Å². The van der Waals surface area contributed by atoms with Gasteiger partial charge >= 0.3 is 0 Å². The first-order valence-corrected chi connectivity index (χ1v) is 15.5. The minimum Gasteiger partial charge on any atom is -0.388 e. The molecule has 3 aromatic rings. The molecule has 9 N–H and O–H groups in total. The number of anilines is 1. The van der Waals surface area contributed by atoms with Crippen LogP contribution in [0.3, 0.4) is 0 Å². The van der Waals surface area contributed by atoms with E-state index in [-0.39, 0.29) is 53.6 Å². The number of rotatable bonds is 10. The highest BCUT2D eigenvalue weighted by atomic mass is 16.6. The highest BCUT2D eigenvalue weighted by Gasteiger charge is 2.44. The van der Waals surface area contributed by atoms with Gasteiger partial charge in [0.25, 0.3) is 11.8 Å². The van der Waals surface area contributed by atoms with Crippen molar-refractivity contribution in [1.82, 2.24) is 40.6 Å². The van der Waals surface area contributed by atoms with E-state index in [0.717, 1.165) is 9.36 Å². The Morgan fingerprint density at radius 3 is 1.53 bits per heavy atom. The molecule has 2 aliphatic rings. The van der Waals surface area contributed by atoms with Crippen molar-refractivity contribution in [2.75, 3.05) is 5.32 Å². The fourth-order valence-corrected chi connectivity index (χ4v) is 5.29. The Hall–Kier alpha value is -4.41. The van der Waals surface area contributed by atoms with Gasteiger partial charge in [0.1, 0.15) is 48.0 Å². The summed E-state index contributed by atoms with van der Waals surface area (Å²) < 4.78 is 13.4. The Kier molecular flexibility index (Phi) is 11.0. The molecule has 2 aliphatic heterocycles. The van der Waals surface area contributed by atoms with Crippen LogP contribution in [0.15, 0.2) is 30.6 Å². The maximum Gasteiger partial charge on any atom is 0.251 e. The van der Waals surface area contributed by atoms with Crippen LogP contribution in [0.5, 0.6) is 0 Å². The number of amides is 3. The first-order chi connectivity index (χ1) is 23.3. The zero-order chi connectivity index (χ0) is 35.6. The average molecular weight is 690 g/mol. The molecule has 0 spiro atoms. The summed E-state index contributed by atoms with van der Waals surface area (Å²) in [5, 5.41) is 84.4. The molecule has 0 bridgehead atoms. The van der Waals surface area contributed by atoms with Crippen LogP contribution in [-0.2, 0) is 27.4 Å². The number of aromatic nitrogens is 6. The molecule has 0 saturated carbocycles. The molecule has 3 amide bonds. The molecular formula is C29H39N9O11. The van der Waals surface area contributed by atoms with Gasteiger partial charge in [0.15, 0.2) is 12.5 Å². The largest absolute Gasteiger partial charge is 0.388 e. The molecular weight excluding hydrogens is 650 g/mol. The minimum atomic E-state index is -1.49. The van der Waals surface area contributed by atoms with Crippen molar-refractivity contribution in [2.45, 2.75) is 102 Å². The molecule has 20 nitrogen and oxygen atoms in total. The predicted molar refractivity (Wildman–Crippen MR) is 163 cm³/mol. The zero-order valence-electron chi connectivity index (χ0n) is 26.7. The number of hydrogen-bond acceptors (Lipinski definition) is 15. The van der Waals surface area contributed by atoms with E-state index in [1.54, 1.807) is 6.92 Å². The zero-order valence-corrected chi connectivity index (χ0v) is 26.7. The first-order valence-electron chi connectivity index (χ1n) is 15.5. The number of nitrogens with one attached hydrogen (secondary N) is 3. The van der Waals surface area contributed by atoms with Gasteiger partial charge in [-0.15, -0.1) is 10.2 Å². The molecule has 5 rings (SSSR count). The standard InChI is InChI=1S/C29H39N9O11/c1-4-19(39)32-16-6-14(26(46)30-8-17-10-37(35-33-17)28-24(44)22(42)20(40)12(2)48-28)5-15(7-16)27(47)31-9-18-11-38(36-34-18)29-25(45)23(43)21(41)13(3)49-29/h5-7,10-13,20-25,28-29,40-45H,4,8-9H2,1-3H3,(H,30,46)(H,31,47)(H,32,39)/t12-,13-,20+,21+,22+,23+,24-,25-,28-,29-/m0/s1. The lowest BCUT2D eigenvalue weighted by atomic mass is 9.99. The number of aliphatic hydroxyl groups excluding tert-OH is 6. The summed E-state index contributed by atoms with van der Waals surface area (Å²) in [5.41, 5.74) is 0.800. The van der Waals surface area contributed by atoms with E-state index in [4.69, 9.17) is 9.47 Å². The second-order valence-corrected chi connectivity index (χ2v) is 11.9. The molecule has 2 saturated heterocycles. The highest BCUT2D eigenvalue weighted by Crippen LogP contribution is 2.29. The number of carbonyl (C=O) groups excluding carboxylic acids is 3. The second kappa shape index (κ2) is 15.0. The third-order valence-corrected chi connectivity index (χ3v) is 8.21. The number of hydrogen-bond donors (Lipinski definition) is 9. The third kappa shape index (κ3) is 7.92. The molecule has 266 valence electrons. The molecule has 0 radical (unpaired) electrons. The van der Waals surface area contributed by atoms with Crippen LogP contribution in [0.25, 0.3) is 0 Å². The Labute approximate surface area is 278 Å². The van der Waals surface area contributed by atoms with Crippen LogP contribution in [0.4, 0.5) is 5.69 Å². The van der Waals surface area contributed by atoms with E-state index in [0.29, 0.717) is 0 Å². The molecule has 1 aromatic carbocycles. The van der Waals surface area contributed by atoms with Crippen molar-refractivity contribution in [3.63, 3.8) is 0 Å². The van der Waals surface area contributed by atoms with Crippen LogP contribution < -0.4 is 16.0 Å². The van der Waals surface area contributed by atoms with Crippen molar-refractivity contribution in [3.05, 3.63) is 53.1 Å². The van der Waals surface area contributed by atoms with Gasteiger partial charge in [0.05, 0.1) is 37.7 Å². The van der Waals surface area contributed by atoms with Crippen molar-refractivity contribution in [1.29, 1.82) is 0 Å². The van der Waals surface area contributed by atoms with Crippen LogP contribution in [0, 0.1) is 0 Å². The smallest absolute Gasteiger partial charge is 0.251 e. The Balaban J connectivity index is 1.24. The first kappa shape index (κ1) is 35.9. The van der Waals surface area contributed by atoms with E-state index in [1.807, 2.05) is 0 Å². The topological polar surface area (TPSA) is 289 Å². The molecule has 20 heteroatoms. The summed E-state index contributed by atoms with van der Waals surface area (Å²) in [6, 6.07) is 4.11. The number of carbonyl (C=O) groups is 3. The number of nitrogens with zero attached hydrogens (tertiary/aromatic N) is 6. The summed E-state index contributed by atoms with van der Waals surface area (Å²) in [4.78, 5) is 38.5. The van der Waals surface area contributed by atoms with E-state index in [1.165, 1.54) is 44.4 Å². The summed E-state index contributed by atoms with van der Waals surface area (Å²) in [6.07, 6.45) is -9.41. The molecule has 2 fully saturated rings. The van der Waals surface area contributed by atoms with Gasteiger partial charge in [0.2, 0.25) is 5.91 Å². The van der Waals surface area contributed by atoms with E-state index >= 15 is 0 Å². The monoisotopic (exact) mass is 689 g/mol. The summed E-state index contributed by atoms with van der Waals surface area (Å²) in [5.74, 6) is -1.59. The molecule has 10 atom stereocenters. The quantitative estimate of drug-likeness (QED) is 0.103. The van der Waals surface area contributed by atoms with Gasteiger partial charge in [-0.1, -0.05) is 17.4 Å². The van der Waals surface area contributed by atoms with Gasteiger partial charge in [-0.05, 0) is 32.0 Å². The Bertz CT molecular complexity index is 1540. The molecule has 49 heavy (non-hydrogen) atoms. The lowest BCUT2D eigenvalue weighted by molar-refractivity contribution is -0.243. The maximum atomic E-state index is 13.2. The lowest BCUT2D eigenvalue weighted by Gasteiger charge is -2.38. The fraction of sp³-hybridized carbons (Fsp3) is 0.552. The Morgan fingerprint density at radius 1 is 0.694 bits per heavy atom. The number of aliphatic hydroxyl groups is 6. The van der Waals surface area contributed by atoms with Gasteiger partial charge < -0.3 is 56.1 Å². The number of benzene rings is 1. The van der Waals surface area contributed by atoms with E-state index in [2.05, 4.69) is 36.6 Å². The molecule has 0 unspecified atom stereocenters. The van der Waals surface area contributed by atoms with Gasteiger partial charge in [0, 0.05) is 23.2 Å². The van der Waals surface area contributed by atoms with Crippen LogP contribution in [0.2, 0.25) is 0 Å². The average Bonchev–Trinajstić information content (AvgIpc) is 3.77. The summed E-state index contributed by atoms with van der Waals surface area (Å²) in [6.45, 7) is 4.45. The molecule has 2 aromatic heterocycles. The van der Waals surface area contributed by atoms with Gasteiger partial charge in [-0.3, -0.25) is 14.4 Å². The minimum absolute atomic E-state index is 0.0349. The normalized spacial score (nSPS) is 30.1. The Morgan fingerprint density at radius 2 is 1.12 bits per heavy atom. The summed E-state index contributed by atoms with van der Waals surface area (Å²) in [7, 11) is 0. The lowest BCUT2D eigenvalue weighted by Crippen LogP contribution is -2.54. The number of ether oxygens (including phenoxy) is 2. The fourth-order valence-electron chi connectivity index (χ4n) is 5.29. The van der Waals surface area contributed by atoms with Crippen molar-refractivity contribution in [2.24, 2.45) is 0 Å². The van der Waals surface area contributed by atoms with Gasteiger partial charge in [-0.2, -0.15) is 0 Å². The summed E-state index contributed by atoms with van der Waals surface area (Å²) >= 11 is 0. The third-order valence-electron chi connectivity index (χ3n) is 8.21. The SMILES string of the molecule is CCC(=O)Nc1cc(C(=O)NCc2cn([C@H]3O[C@@H](C)[C@@H](O)[C@@H](O)[C@@H]3O)nn2)cc(C(=O)NCc2cn([C@H]3O[C@@H](C)[C@@H](O)[C@@H](O)[C@@H]3O)nn2)c1. The van der Waals surface area contributed by atoms with E-state index in [9.17, 15) is 45.0 Å².